The zero-order chi connectivity index (χ0) is 21.8. The number of aryl methyl sites for hydroxylation is 1. The van der Waals surface area contributed by atoms with Gasteiger partial charge in [-0.3, -0.25) is 9.59 Å². The Morgan fingerprint density at radius 1 is 1.10 bits per heavy atom. The van der Waals surface area contributed by atoms with Crippen LogP contribution in [0.15, 0.2) is 61.1 Å². The molecule has 0 saturated heterocycles. The number of carbonyl (C=O) groups excluding carboxylic acids is 2. The van der Waals surface area contributed by atoms with Crippen molar-refractivity contribution in [1.82, 2.24) is 25.6 Å². The largest absolute Gasteiger partial charge is 0.357 e. The SMILES string of the molecule is Cc1cc[nH]c1C(=O)N[C@@H](Cc1cccc(Cl)c1)C(=O)NCc1cnc2[nH]ccc2c1. The predicted octanol–water partition coefficient (Wildman–Crippen LogP) is 3.51. The monoisotopic (exact) mass is 435 g/mol. The molecule has 3 aromatic heterocycles. The summed E-state index contributed by atoms with van der Waals surface area (Å²) in [5.41, 5.74) is 3.76. The Labute approximate surface area is 184 Å². The first-order valence-corrected chi connectivity index (χ1v) is 10.3. The number of benzene rings is 1. The first-order chi connectivity index (χ1) is 15.0. The topological polar surface area (TPSA) is 103 Å². The van der Waals surface area contributed by atoms with Crippen molar-refractivity contribution < 1.29 is 9.59 Å². The van der Waals surface area contributed by atoms with Crippen LogP contribution in [0.5, 0.6) is 0 Å². The summed E-state index contributed by atoms with van der Waals surface area (Å²) in [6.07, 6.45) is 5.54. The van der Waals surface area contributed by atoms with Crippen LogP contribution in [0, 0.1) is 6.92 Å². The number of halogens is 1. The Morgan fingerprint density at radius 3 is 2.71 bits per heavy atom. The van der Waals surface area contributed by atoms with Crippen molar-refractivity contribution in [3.05, 3.63) is 88.5 Å². The van der Waals surface area contributed by atoms with E-state index in [2.05, 4.69) is 25.6 Å². The van der Waals surface area contributed by atoms with E-state index in [4.69, 9.17) is 11.6 Å². The maximum absolute atomic E-state index is 13.0. The minimum atomic E-state index is -0.766. The van der Waals surface area contributed by atoms with Crippen molar-refractivity contribution in [1.29, 1.82) is 0 Å². The van der Waals surface area contributed by atoms with E-state index in [1.807, 2.05) is 43.5 Å². The summed E-state index contributed by atoms with van der Waals surface area (Å²) in [5, 5.41) is 7.30. The second kappa shape index (κ2) is 9.06. The molecule has 1 atom stereocenters. The minimum Gasteiger partial charge on any atom is -0.357 e. The molecular formula is C23H22ClN5O2. The number of pyridine rings is 1. The zero-order valence-electron chi connectivity index (χ0n) is 16.9. The minimum absolute atomic E-state index is 0.285. The van der Waals surface area contributed by atoms with Gasteiger partial charge in [0.25, 0.3) is 5.91 Å². The summed E-state index contributed by atoms with van der Waals surface area (Å²) in [6, 6.07) is 12.2. The highest BCUT2D eigenvalue weighted by Crippen LogP contribution is 2.14. The predicted molar refractivity (Wildman–Crippen MR) is 120 cm³/mol. The quantitative estimate of drug-likeness (QED) is 0.357. The Kier molecular flexibility index (Phi) is 6.04. The number of carbonyl (C=O) groups is 2. The first-order valence-electron chi connectivity index (χ1n) is 9.88. The van der Waals surface area contributed by atoms with E-state index in [1.165, 1.54) is 0 Å². The van der Waals surface area contributed by atoms with Crippen molar-refractivity contribution in [2.45, 2.75) is 25.9 Å². The Morgan fingerprint density at radius 2 is 1.94 bits per heavy atom. The number of aromatic amines is 2. The summed E-state index contributed by atoms with van der Waals surface area (Å²) in [5.74, 6) is -0.619. The highest BCUT2D eigenvalue weighted by molar-refractivity contribution is 6.30. The van der Waals surface area contributed by atoms with Crippen LogP contribution in [0.2, 0.25) is 5.02 Å². The van der Waals surface area contributed by atoms with E-state index < -0.39 is 6.04 Å². The van der Waals surface area contributed by atoms with Crippen LogP contribution in [0.1, 0.15) is 27.2 Å². The van der Waals surface area contributed by atoms with E-state index >= 15 is 0 Å². The molecule has 0 radical (unpaired) electrons. The summed E-state index contributed by atoms with van der Waals surface area (Å²) >= 11 is 6.09. The van der Waals surface area contributed by atoms with Gasteiger partial charge < -0.3 is 20.6 Å². The van der Waals surface area contributed by atoms with Crippen LogP contribution in [0.4, 0.5) is 0 Å². The van der Waals surface area contributed by atoms with Gasteiger partial charge in [0.05, 0.1) is 0 Å². The van der Waals surface area contributed by atoms with Crippen LogP contribution >= 0.6 is 11.6 Å². The molecule has 0 fully saturated rings. The second-order valence-electron chi connectivity index (χ2n) is 7.37. The standard InChI is InChI=1S/C23H22ClN5O2/c1-14-5-7-25-20(14)23(31)29-19(11-15-3-2-4-18(24)10-15)22(30)28-13-16-9-17-6-8-26-21(17)27-12-16/h2-10,12,19,25H,11,13H2,1H3,(H,26,27)(H,28,30)(H,29,31)/t19-/m0/s1. The molecule has 31 heavy (non-hydrogen) atoms. The van der Waals surface area contributed by atoms with Crippen LogP contribution in [-0.2, 0) is 17.8 Å². The highest BCUT2D eigenvalue weighted by Gasteiger charge is 2.23. The Bertz CT molecular complexity index is 1230. The number of hydrogen-bond donors (Lipinski definition) is 4. The van der Waals surface area contributed by atoms with Crippen LogP contribution in [0.25, 0.3) is 11.0 Å². The lowest BCUT2D eigenvalue weighted by molar-refractivity contribution is -0.123. The molecule has 4 rings (SSSR count). The van der Waals surface area contributed by atoms with Gasteiger partial charge in [0.2, 0.25) is 5.91 Å². The van der Waals surface area contributed by atoms with Gasteiger partial charge in [0.1, 0.15) is 17.4 Å². The van der Waals surface area contributed by atoms with Crippen molar-refractivity contribution in [2.24, 2.45) is 0 Å². The average molecular weight is 436 g/mol. The van der Waals surface area contributed by atoms with E-state index in [-0.39, 0.29) is 11.8 Å². The number of aromatic nitrogens is 3. The molecule has 0 saturated carbocycles. The number of hydrogen-bond acceptors (Lipinski definition) is 3. The van der Waals surface area contributed by atoms with Crippen molar-refractivity contribution in [3.63, 3.8) is 0 Å². The van der Waals surface area contributed by atoms with E-state index in [0.717, 1.165) is 27.7 Å². The van der Waals surface area contributed by atoms with Gasteiger partial charge in [-0.2, -0.15) is 0 Å². The van der Waals surface area contributed by atoms with Gasteiger partial charge in [-0.25, -0.2) is 4.98 Å². The summed E-state index contributed by atoms with van der Waals surface area (Å²) in [7, 11) is 0. The zero-order valence-corrected chi connectivity index (χ0v) is 17.7. The summed E-state index contributed by atoms with van der Waals surface area (Å²) in [6.45, 7) is 2.14. The fraction of sp³-hybridized carbons (Fsp3) is 0.174. The van der Waals surface area contributed by atoms with Crippen molar-refractivity contribution in [3.8, 4) is 0 Å². The average Bonchev–Trinajstić information content (AvgIpc) is 3.39. The van der Waals surface area contributed by atoms with Gasteiger partial charge in [-0.05, 0) is 53.9 Å². The molecule has 0 aliphatic heterocycles. The van der Waals surface area contributed by atoms with Crippen molar-refractivity contribution >= 4 is 34.4 Å². The molecule has 0 aliphatic rings. The molecule has 0 unspecified atom stereocenters. The maximum Gasteiger partial charge on any atom is 0.268 e. The molecule has 158 valence electrons. The summed E-state index contributed by atoms with van der Waals surface area (Å²) < 4.78 is 0. The third-order valence-electron chi connectivity index (χ3n) is 5.06. The molecule has 0 spiro atoms. The van der Waals surface area contributed by atoms with E-state index in [0.29, 0.717) is 23.7 Å². The van der Waals surface area contributed by atoms with Gasteiger partial charge in [0, 0.05) is 42.0 Å². The molecule has 0 aliphatic carbocycles. The van der Waals surface area contributed by atoms with Crippen molar-refractivity contribution in [2.75, 3.05) is 0 Å². The molecule has 8 heteroatoms. The van der Waals surface area contributed by atoms with E-state index in [9.17, 15) is 9.59 Å². The smallest absolute Gasteiger partial charge is 0.268 e. The number of nitrogens with one attached hydrogen (secondary N) is 4. The molecule has 2 amide bonds. The van der Waals surface area contributed by atoms with Gasteiger partial charge >= 0.3 is 0 Å². The van der Waals surface area contributed by atoms with Crippen LogP contribution < -0.4 is 10.6 Å². The van der Waals surface area contributed by atoms with Gasteiger partial charge in [0.15, 0.2) is 0 Å². The molecule has 3 heterocycles. The molecule has 7 nitrogen and oxygen atoms in total. The number of rotatable bonds is 7. The summed E-state index contributed by atoms with van der Waals surface area (Å²) in [4.78, 5) is 36.0. The number of nitrogens with zero attached hydrogens (tertiary/aromatic N) is 1. The first kappa shape index (κ1) is 20.7. The number of amides is 2. The number of fused-ring (bicyclic) bond motifs is 1. The van der Waals surface area contributed by atoms with Gasteiger partial charge in [-0.15, -0.1) is 0 Å². The fourth-order valence-corrected chi connectivity index (χ4v) is 3.64. The third-order valence-corrected chi connectivity index (χ3v) is 5.29. The van der Waals surface area contributed by atoms with Gasteiger partial charge in [-0.1, -0.05) is 23.7 Å². The highest BCUT2D eigenvalue weighted by atomic mass is 35.5. The molecule has 0 bridgehead atoms. The Hall–Kier alpha value is -3.58. The third kappa shape index (κ3) is 4.95. The van der Waals surface area contributed by atoms with E-state index in [1.54, 1.807) is 24.5 Å². The second-order valence-corrected chi connectivity index (χ2v) is 7.81. The lowest BCUT2D eigenvalue weighted by Gasteiger charge is -2.19. The molecule has 1 aromatic carbocycles. The fourth-order valence-electron chi connectivity index (χ4n) is 3.43. The maximum atomic E-state index is 13.0. The molecule has 4 aromatic rings. The van der Waals surface area contributed by atoms with Crippen LogP contribution in [0.3, 0.4) is 0 Å². The van der Waals surface area contributed by atoms with Crippen LogP contribution in [-0.4, -0.2) is 32.8 Å². The normalized spacial score (nSPS) is 11.9. The number of H-pyrrole nitrogens is 2. The lowest BCUT2D eigenvalue weighted by Crippen LogP contribution is -2.48. The Balaban J connectivity index is 1.49. The molecular weight excluding hydrogens is 414 g/mol. The molecule has 4 N–H and O–H groups in total. The lowest BCUT2D eigenvalue weighted by atomic mass is 10.0.